The van der Waals surface area contributed by atoms with Gasteiger partial charge in [0.2, 0.25) is 0 Å². The molecule has 300 valence electrons. The fourth-order valence-corrected chi connectivity index (χ4v) is 7.86. The van der Waals surface area contributed by atoms with Crippen LogP contribution < -0.4 is 0 Å². The monoisotopic (exact) mass is 811 g/mol. The summed E-state index contributed by atoms with van der Waals surface area (Å²) >= 11 is 0. The Bertz CT molecular complexity index is 3120. The van der Waals surface area contributed by atoms with E-state index in [0.717, 1.165) is 89.4 Å². The lowest BCUT2D eigenvalue weighted by Gasteiger charge is -2.14. The molecule has 0 bridgehead atoms. The molecule has 0 saturated heterocycles. The Morgan fingerprint density at radius 2 is 0.571 bits per heavy atom. The van der Waals surface area contributed by atoms with Crippen LogP contribution in [0.1, 0.15) is 17.1 Å². The van der Waals surface area contributed by atoms with Gasteiger partial charge in [-0.15, -0.1) is 0 Å². The van der Waals surface area contributed by atoms with Gasteiger partial charge in [0.1, 0.15) is 0 Å². The fraction of sp³-hybridized carbons (Fsp3) is 0.0536. The predicted octanol–water partition coefficient (Wildman–Crippen LogP) is 13.4. The molecular formula is C56H41N7. The molecule has 7 nitrogen and oxygen atoms in total. The third kappa shape index (κ3) is 8.54. The lowest BCUT2D eigenvalue weighted by atomic mass is 9.94. The van der Waals surface area contributed by atoms with E-state index < -0.39 is 0 Å². The smallest absolute Gasteiger partial charge is 0.164 e. The van der Waals surface area contributed by atoms with E-state index in [4.69, 9.17) is 24.9 Å². The zero-order valence-corrected chi connectivity index (χ0v) is 35.1. The van der Waals surface area contributed by atoms with Gasteiger partial charge < -0.3 is 0 Å². The second-order valence-corrected chi connectivity index (χ2v) is 15.6. The summed E-state index contributed by atoms with van der Waals surface area (Å²) in [5.41, 5.74) is 15.9. The number of aryl methyl sites for hydroxylation is 3. The fourth-order valence-electron chi connectivity index (χ4n) is 7.86. The molecule has 3 heterocycles. The minimum Gasteiger partial charge on any atom is -0.237 e. The number of hydrogen-bond donors (Lipinski definition) is 0. The standard InChI is InChI=1S/C56H41N7/c1-36-28-29-57-52(58-36)43-24-20-41(21-25-43)49-33-50(42-22-26-44(27-23-42)53-59-37(2)30-38(3)60-53)35-51(34-49)56-62-54(47-18-10-16-45(31-47)39-12-6-4-7-13-39)61-55(63-56)48-19-11-17-46(32-48)40-14-8-5-9-15-40/h4-35H,1-3H3. The molecule has 10 aromatic rings. The van der Waals surface area contributed by atoms with Crippen molar-refractivity contribution in [1.82, 2.24) is 34.9 Å². The molecule has 0 amide bonds. The molecule has 0 atom stereocenters. The maximum atomic E-state index is 5.26. The molecular weight excluding hydrogens is 771 g/mol. The molecule has 0 N–H and O–H groups in total. The average molecular weight is 812 g/mol. The average Bonchev–Trinajstić information content (AvgIpc) is 3.34. The summed E-state index contributed by atoms with van der Waals surface area (Å²) in [5.74, 6) is 3.15. The zero-order chi connectivity index (χ0) is 42.7. The Balaban J connectivity index is 1.14. The molecule has 10 rings (SSSR count). The van der Waals surface area contributed by atoms with Crippen molar-refractivity contribution in [2.75, 3.05) is 0 Å². The molecule has 0 aliphatic rings. The highest BCUT2D eigenvalue weighted by molar-refractivity contribution is 5.82. The van der Waals surface area contributed by atoms with Crippen molar-refractivity contribution in [2.24, 2.45) is 0 Å². The molecule has 0 spiro atoms. The van der Waals surface area contributed by atoms with Crippen molar-refractivity contribution in [3.05, 3.63) is 211 Å². The quantitative estimate of drug-likeness (QED) is 0.143. The topological polar surface area (TPSA) is 90.2 Å². The normalized spacial score (nSPS) is 11.1. The van der Waals surface area contributed by atoms with E-state index in [-0.39, 0.29) is 0 Å². The Hall–Kier alpha value is -8.29. The summed E-state index contributed by atoms with van der Waals surface area (Å²) in [6.07, 6.45) is 1.80. The van der Waals surface area contributed by atoms with Crippen LogP contribution in [0, 0.1) is 20.8 Å². The van der Waals surface area contributed by atoms with Crippen molar-refractivity contribution in [2.45, 2.75) is 20.8 Å². The molecule has 0 unspecified atom stereocenters. The molecule has 0 aliphatic carbocycles. The van der Waals surface area contributed by atoms with E-state index in [9.17, 15) is 0 Å². The van der Waals surface area contributed by atoms with Gasteiger partial charge in [0.25, 0.3) is 0 Å². The highest BCUT2D eigenvalue weighted by Gasteiger charge is 2.17. The minimum absolute atomic E-state index is 0.568. The van der Waals surface area contributed by atoms with Gasteiger partial charge in [-0.25, -0.2) is 34.9 Å². The summed E-state index contributed by atoms with van der Waals surface area (Å²) in [4.78, 5) is 34.3. The van der Waals surface area contributed by atoms with Crippen LogP contribution in [0.2, 0.25) is 0 Å². The van der Waals surface area contributed by atoms with Crippen molar-refractivity contribution >= 4 is 0 Å². The molecule has 7 aromatic carbocycles. The van der Waals surface area contributed by atoms with Crippen molar-refractivity contribution in [3.63, 3.8) is 0 Å². The molecule has 0 saturated carbocycles. The number of aromatic nitrogens is 7. The van der Waals surface area contributed by atoms with Gasteiger partial charge in [0.05, 0.1) is 0 Å². The molecule has 3 aromatic heterocycles. The Labute approximate surface area is 367 Å². The van der Waals surface area contributed by atoms with Gasteiger partial charge in [-0.1, -0.05) is 146 Å². The first-order valence-electron chi connectivity index (χ1n) is 21.0. The van der Waals surface area contributed by atoms with Gasteiger partial charge in [-0.3, -0.25) is 0 Å². The van der Waals surface area contributed by atoms with Crippen LogP contribution >= 0.6 is 0 Å². The van der Waals surface area contributed by atoms with Crippen LogP contribution in [0.4, 0.5) is 0 Å². The van der Waals surface area contributed by atoms with E-state index in [1.807, 2.05) is 45.0 Å². The molecule has 0 fully saturated rings. The largest absolute Gasteiger partial charge is 0.237 e. The van der Waals surface area contributed by atoms with Crippen LogP contribution in [0.15, 0.2) is 194 Å². The number of hydrogen-bond acceptors (Lipinski definition) is 7. The highest BCUT2D eigenvalue weighted by atomic mass is 15.0. The maximum absolute atomic E-state index is 5.26. The Morgan fingerprint density at radius 1 is 0.222 bits per heavy atom. The van der Waals surface area contributed by atoms with Crippen LogP contribution in [-0.4, -0.2) is 34.9 Å². The van der Waals surface area contributed by atoms with E-state index in [1.54, 1.807) is 6.20 Å². The molecule has 63 heavy (non-hydrogen) atoms. The van der Waals surface area contributed by atoms with Crippen molar-refractivity contribution in [1.29, 1.82) is 0 Å². The van der Waals surface area contributed by atoms with Crippen molar-refractivity contribution < 1.29 is 0 Å². The molecule has 0 radical (unpaired) electrons. The first kappa shape index (κ1) is 38.9. The van der Waals surface area contributed by atoms with Crippen LogP contribution in [-0.2, 0) is 0 Å². The lowest BCUT2D eigenvalue weighted by molar-refractivity contribution is 1.06. The number of benzene rings is 7. The van der Waals surface area contributed by atoms with Crippen LogP contribution in [0.3, 0.4) is 0 Å². The van der Waals surface area contributed by atoms with Gasteiger partial charge in [-0.2, -0.15) is 0 Å². The summed E-state index contributed by atoms with van der Waals surface area (Å²) in [7, 11) is 0. The summed E-state index contributed by atoms with van der Waals surface area (Å²) in [6, 6.07) is 64.9. The summed E-state index contributed by atoms with van der Waals surface area (Å²) < 4.78 is 0. The second kappa shape index (κ2) is 17.0. The maximum Gasteiger partial charge on any atom is 0.164 e. The van der Waals surface area contributed by atoms with Crippen LogP contribution in [0.25, 0.3) is 101 Å². The summed E-state index contributed by atoms with van der Waals surface area (Å²) in [5, 5.41) is 0. The van der Waals surface area contributed by atoms with Gasteiger partial charge >= 0.3 is 0 Å². The van der Waals surface area contributed by atoms with E-state index >= 15 is 0 Å². The minimum atomic E-state index is 0.568. The van der Waals surface area contributed by atoms with Gasteiger partial charge in [-0.05, 0) is 108 Å². The SMILES string of the molecule is Cc1ccnc(-c2ccc(-c3cc(-c4ccc(-c5nc(C)cc(C)n5)cc4)cc(-c4nc(-c5cccc(-c6ccccc6)c5)nc(-c5cccc(-c6ccccc6)c5)n4)c3)cc2)n1. The number of nitrogens with zero attached hydrogens (tertiary/aromatic N) is 7. The molecule has 7 heteroatoms. The number of rotatable bonds is 9. The predicted molar refractivity (Wildman–Crippen MR) is 254 cm³/mol. The zero-order valence-electron chi connectivity index (χ0n) is 35.1. The third-order valence-corrected chi connectivity index (χ3v) is 11.0. The highest BCUT2D eigenvalue weighted by Crippen LogP contribution is 2.36. The summed E-state index contributed by atoms with van der Waals surface area (Å²) in [6.45, 7) is 5.97. The van der Waals surface area contributed by atoms with E-state index in [0.29, 0.717) is 29.1 Å². The van der Waals surface area contributed by atoms with Crippen molar-refractivity contribution in [3.8, 4) is 101 Å². The van der Waals surface area contributed by atoms with E-state index in [2.05, 4.69) is 174 Å². The Kier molecular flexibility index (Phi) is 10.5. The second-order valence-electron chi connectivity index (χ2n) is 15.6. The first-order chi connectivity index (χ1) is 30.9. The molecule has 0 aliphatic heterocycles. The first-order valence-corrected chi connectivity index (χ1v) is 21.0. The Morgan fingerprint density at radius 3 is 1.06 bits per heavy atom. The van der Waals surface area contributed by atoms with Gasteiger partial charge in [0.15, 0.2) is 29.1 Å². The van der Waals surface area contributed by atoms with Crippen LogP contribution in [0.5, 0.6) is 0 Å². The van der Waals surface area contributed by atoms with E-state index in [1.165, 1.54) is 0 Å². The lowest BCUT2D eigenvalue weighted by Crippen LogP contribution is -2.01. The van der Waals surface area contributed by atoms with Gasteiger partial charge in [0, 0.05) is 51.1 Å². The third-order valence-electron chi connectivity index (χ3n) is 11.0.